The van der Waals surface area contributed by atoms with Crippen LogP contribution in [0.5, 0.6) is 0 Å². The molecule has 0 radical (unpaired) electrons. The smallest absolute Gasteiger partial charge is 0.195 e. The van der Waals surface area contributed by atoms with Crippen molar-refractivity contribution in [3.8, 4) is 0 Å². The summed E-state index contributed by atoms with van der Waals surface area (Å²) in [6, 6.07) is 16.5. The maximum absolute atomic E-state index is 11.5. The molecule has 0 fully saturated rings. The normalized spacial score (nSPS) is 13.7. The van der Waals surface area contributed by atoms with Crippen molar-refractivity contribution in [1.82, 2.24) is 5.32 Å². The minimum atomic E-state index is -2.93. The molecule has 3 rings (SSSR count). The third-order valence-corrected chi connectivity index (χ3v) is 6.14. The van der Waals surface area contributed by atoms with Gasteiger partial charge >= 0.3 is 0 Å². The van der Waals surface area contributed by atoms with Gasteiger partial charge in [0.15, 0.2) is 15.8 Å². The first-order valence-electron chi connectivity index (χ1n) is 9.21. The lowest BCUT2D eigenvalue weighted by Gasteiger charge is -2.09. The highest BCUT2D eigenvalue weighted by molar-refractivity contribution is 7.91. The molecule has 0 bridgehead atoms. The van der Waals surface area contributed by atoms with Gasteiger partial charge in [-0.25, -0.2) is 8.42 Å². The third kappa shape index (κ3) is 5.99. The van der Waals surface area contributed by atoms with Crippen LogP contribution in [0.15, 0.2) is 53.5 Å². The topological polar surface area (TPSA) is 82.6 Å². The van der Waals surface area contributed by atoms with Gasteiger partial charge in [0.25, 0.3) is 0 Å². The Bertz CT molecular complexity index is 875. The highest BCUT2D eigenvalue weighted by atomic mass is 32.2. The Balaban J connectivity index is 1.50. The van der Waals surface area contributed by atoms with Gasteiger partial charge in [-0.15, -0.1) is 0 Å². The summed E-state index contributed by atoms with van der Waals surface area (Å²) in [5, 5.41) is 9.62. The van der Waals surface area contributed by atoms with Crippen LogP contribution >= 0.6 is 0 Å². The second-order valence-corrected chi connectivity index (χ2v) is 8.99. The van der Waals surface area contributed by atoms with Crippen molar-refractivity contribution in [2.75, 3.05) is 41.8 Å². The number of aliphatic imine (C=N–C) groups is 1. The van der Waals surface area contributed by atoms with Gasteiger partial charge in [0.05, 0.1) is 12.3 Å². The molecule has 2 aromatic carbocycles. The summed E-state index contributed by atoms with van der Waals surface area (Å²) < 4.78 is 23.0. The Labute approximate surface area is 161 Å². The molecule has 2 aromatic rings. The summed E-state index contributed by atoms with van der Waals surface area (Å²) in [6.07, 6.45) is 0.851. The molecule has 1 heterocycles. The molecule has 0 aliphatic carbocycles. The number of rotatable bonds is 8. The average molecular weight is 387 g/mol. The van der Waals surface area contributed by atoms with Crippen LogP contribution in [0, 0.1) is 0 Å². The molecular weight excluding hydrogens is 360 g/mol. The number of nitrogens with zero attached hydrogens (tertiary/aromatic N) is 1. The molecule has 0 atom stereocenters. The molecule has 0 spiro atoms. The summed E-state index contributed by atoms with van der Waals surface area (Å²) in [7, 11) is -2.93. The zero-order valence-electron chi connectivity index (χ0n) is 15.5. The zero-order chi connectivity index (χ0) is 19.1. The Morgan fingerprint density at radius 2 is 1.63 bits per heavy atom. The Morgan fingerprint density at radius 1 is 1.00 bits per heavy atom. The Hall–Kier alpha value is -2.54. The van der Waals surface area contributed by atoms with E-state index in [4.69, 9.17) is 0 Å². The molecular formula is C20H26N4O2S. The van der Waals surface area contributed by atoms with E-state index in [-0.39, 0.29) is 11.5 Å². The molecule has 0 unspecified atom stereocenters. The van der Waals surface area contributed by atoms with Gasteiger partial charge in [-0.3, -0.25) is 4.99 Å². The maximum Gasteiger partial charge on any atom is 0.195 e. The summed E-state index contributed by atoms with van der Waals surface area (Å²) in [5.74, 6) is 1.18. The standard InChI is InChI=1S/C20H26N4O2S/c1-2-27(25,26)14-13-21-18-7-3-16(4-8-18)15-17-5-9-19(10-6-17)24-20-22-11-12-23-20/h3-10,21H,2,11-15H2,1H3,(H2,22,23,24). The molecule has 1 aliphatic rings. The van der Waals surface area contributed by atoms with Crippen molar-refractivity contribution in [2.24, 2.45) is 4.99 Å². The number of hydrogen-bond acceptors (Lipinski definition) is 6. The predicted octanol–water partition coefficient (Wildman–Crippen LogP) is 2.50. The lowest BCUT2D eigenvalue weighted by atomic mass is 10.0. The molecule has 0 saturated heterocycles. The molecule has 27 heavy (non-hydrogen) atoms. The van der Waals surface area contributed by atoms with Crippen LogP contribution in [-0.2, 0) is 16.3 Å². The van der Waals surface area contributed by atoms with Crippen LogP contribution in [0.3, 0.4) is 0 Å². The lowest BCUT2D eigenvalue weighted by Crippen LogP contribution is -2.26. The molecule has 7 heteroatoms. The van der Waals surface area contributed by atoms with Crippen LogP contribution in [0.4, 0.5) is 11.4 Å². The van der Waals surface area contributed by atoms with Gasteiger partial charge in [-0.1, -0.05) is 31.2 Å². The monoisotopic (exact) mass is 386 g/mol. The number of sulfone groups is 1. The van der Waals surface area contributed by atoms with Gasteiger partial charge in [0.1, 0.15) is 0 Å². The highest BCUT2D eigenvalue weighted by Crippen LogP contribution is 2.16. The van der Waals surface area contributed by atoms with Crippen LogP contribution in [0.2, 0.25) is 0 Å². The van der Waals surface area contributed by atoms with Crippen LogP contribution in [-0.4, -0.2) is 45.5 Å². The van der Waals surface area contributed by atoms with Crippen molar-refractivity contribution in [1.29, 1.82) is 0 Å². The summed E-state index contributed by atoms with van der Waals surface area (Å²) in [5.41, 5.74) is 4.41. The first kappa shape index (κ1) is 19.2. The number of hydrogen-bond donors (Lipinski definition) is 3. The third-order valence-electron chi connectivity index (χ3n) is 4.44. The molecule has 0 amide bonds. The molecule has 1 aliphatic heterocycles. The fourth-order valence-electron chi connectivity index (χ4n) is 2.80. The largest absolute Gasteiger partial charge is 0.384 e. The van der Waals surface area contributed by atoms with E-state index in [0.29, 0.717) is 6.54 Å². The second-order valence-electron chi connectivity index (χ2n) is 6.52. The highest BCUT2D eigenvalue weighted by Gasteiger charge is 2.07. The fourth-order valence-corrected chi connectivity index (χ4v) is 3.50. The molecule has 144 valence electrons. The van der Waals surface area contributed by atoms with Crippen LogP contribution < -0.4 is 16.0 Å². The maximum atomic E-state index is 11.5. The summed E-state index contributed by atoms with van der Waals surface area (Å²) >= 11 is 0. The van der Waals surface area contributed by atoms with Crippen molar-refractivity contribution in [3.05, 3.63) is 59.7 Å². The Kier molecular flexibility index (Phi) is 6.34. The van der Waals surface area contributed by atoms with Gasteiger partial charge in [0, 0.05) is 30.2 Å². The number of nitrogens with one attached hydrogen (secondary N) is 3. The van der Waals surface area contributed by atoms with E-state index < -0.39 is 9.84 Å². The number of guanidine groups is 1. The molecule has 0 saturated carbocycles. The minimum Gasteiger partial charge on any atom is -0.384 e. The summed E-state index contributed by atoms with van der Waals surface area (Å²) in [4.78, 5) is 4.32. The molecule has 6 nitrogen and oxygen atoms in total. The number of anilines is 2. The van der Waals surface area contributed by atoms with E-state index in [1.807, 2.05) is 12.1 Å². The molecule has 3 N–H and O–H groups in total. The average Bonchev–Trinajstić information content (AvgIpc) is 3.18. The second kappa shape index (κ2) is 8.90. The predicted molar refractivity (Wildman–Crippen MR) is 112 cm³/mol. The first-order valence-corrected chi connectivity index (χ1v) is 11.0. The van der Waals surface area contributed by atoms with E-state index >= 15 is 0 Å². The first-order chi connectivity index (χ1) is 13.0. The van der Waals surface area contributed by atoms with E-state index in [2.05, 4.69) is 57.3 Å². The molecule has 0 aromatic heterocycles. The van der Waals surface area contributed by atoms with E-state index in [0.717, 1.165) is 36.8 Å². The van der Waals surface area contributed by atoms with E-state index in [9.17, 15) is 8.42 Å². The van der Waals surface area contributed by atoms with Gasteiger partial charge < -0.3 is 16.0 Å². The van der Waals surface area contributed by atoms with Crippen LogP contribution in [0.1, 0.15) is 18.1 Å². The quantitative estimate of drug-likeness (QED) is 0.649. The van der Waals surface area contributed by atoms with Crippen molar-refractivity contribution in [3.63, 3.8) is 0 Å². The van der Waals surface area contributed by atoms with Crippen LogP contribution in [0.25, 0.3) is 0 Å². The van der Waals surface area contributed by atoms with Gasteiger partial charge in [-0.05, 0) is 41.8 Å². The van der Waals surface area contributed by atoms with Crippen molar-refractivity contribution < 1.29 is 8.42 Å². The Morgan fingerprint density at radius 3 is 2.19 bits per heavy atom. The SMILES string of the molecule is CCS(=O)(=O)CCNc1ccc(Cc2ccc(NC3=NCCN3)cc2)cc1. The fraction of sp³-hybridized carbons (Fsp3) is 0.350. The summed E-state index contributed by atoms with van der Waals surface area (Å²) in [6.45, 7) is 3.82. The minimum absolute atomic E-state index is 0.160. The number of benzene rings is 2. The van der Waals surface area contributed by atoms with Crippen molar-refractivity contribution in [2.45, 2.75) is 13.3 Å². The van der Waals surface area contributed by atoms with Gasteiger partial charge in [0.2, 0.25) is 0 Å². The zero-order valence-corrected chi connectivity index (χ0v) is 16.3. The van der Waals surface area contributed by atoms with Gasteiger partial charge in [-0.2, -0.15) is 0 Å². The lowest BCUT2D eigenvalue weighted by molar-refractivity contribution is 0.597. The van der Waals surface area contributed by atoms with E-state index in [1.54, 1.807) is 6.92 Å². The van der Waals surface area contributed by atoms with Crippen molar-refractivity contribution >= 4 is 27.2 Å². The van der Waals surface area contributed by atoms with E-state index in [1.165, 1.54) is 11.1 Å².